The van der Waals surface area contributed by atoms with Gasteiger partial charge in [-0.15, -0.1) is 22.6 Å². The molecule has 1 fully saturated rings. The number of nitrogens with one attached hydrogen (secondary N) is 1. The lowest BCUT2D eigenvalue weighted by atomic mass is 9.95. The summed E-state index contributed by atoms with van der Waals surface area (Å²) in [6, 6.07) is 12.5. The molecule has 3 aromatic rings. The number of piperidine rings is 1. The molecule has 2 aromatic heterocycles. The number of aromatic nitrogens is 5. The number of rotatable bonds is 4. The first-order valence-corrected chi connectivity index (χ1v) is 9.82. The molecule has 148 valence electrons. The van der Waals surface area contributed by atoms with Crippen LogP contribution in [0.4, 0.5) is 0 Å². The normalized spacial score (nSPS) is 17.9. The maximum atomic E-state index is 4.52. The third kappa shape index (κ3) is 3.70. The zero-order chi connectivity index (χ0) is 18.1. The van der Waals surface area contributed by atoms with Gasteiger partial charge in [-0.3, -0.25) is 4.90 Å². The van der Waals surface area contributed by atoms with Crippen molar-refractivity contribution in [2.45, 2.75) is 38.4 Å². The zero-order valence-corrected chi connectivity index (χ0v) is 16.7. The fraction of sp³-hybridized carbons (Fsp3) is 0.450. The Balaban J connectivity index is 0.00000192. The highest BCUT2D eigenvalue weighted by Crippen LogP contribution is 2.28. The van der Waals surface area contributed by atoms with Crippen molar-refractivity contribution >= 4 is 12.4 Å². The van der Waals surface area contributed by atoms with Crippen LogP contribution in [0.15, 0.2) is 42.6 Å². The van der Waals surface area contributed by atoms with Gasteiger partial charge in [-0.05, 0) is 44.1 Å². The van der Waals surface area contributed by atoms with Crippen molar-refractivity contribution in [3.05, 3.63) is 59.9 Å². The quantitative estimate of drug-likeness (QED) is 0.729. The average molecular weight is 400 g/mol. The summed E-state index contributed by atoms with van der Waals surface area (Å²) in [4.78, 5) is 2.53. The minimum Gasteiger partial charge on any atom is -0.312 e. The van der Waals surface area contributed by atoms with Crippen molar-refractivity contribution in [3.8, 4) is 5.69 Å². The van der Waals surface area contributed by atoms with Crippen molar-refractivity contribution in [1.29, 1.82) is 0 Å². The summed E-state index contributed by atoms with van der Waals surface area (Å²) in [6.07, 6.45) is 4.18. The summed E-state index contributed by atoms with van der Waals surface area (Å²) in [5.74, 6) is 2.81. The third-order valence-corrected chi connectivity index (χ3v) is 5.71. The van der Waals surface area contributed by atoms with Crippen LogP contribution in [-0.4, -0.2) is 49.1 Å². The van der Waals surface area contributed by atoms with Gasteiger partial charge in [-0.1, -0.05) is 18.2 Å². The lowest BCUT2D eigenvalue weighted by molar-refractivity contribution is 0.196. The monoisotopic (exact) mass is 399 g/mol. The van der Waals surface area contributed by atoms with Gasteiger partial charge < -0.3 is 9.88 Å². The first kappa shape index (κ1) is 19.1. The van der Waals surface area contributed by atoms with Crippen LogP contribution >= 0.6 is 12.4 Å². The number of benzene rings is 1. The van der Waals surface area contributed by atoms with E-state index in [1.54, 1.807) is 0 Å². The number of hydrogen-bond donors (Lipinski definition) is 1. The van der Waals surface area contributed by atoms with Crippen LogP contribution in [0.2, 0.25) is 0 Å². The fourth-order valence-corrected chi connectivity index (χ4v) is 4.25. The van der Waals surface area contributed by atoms with E-state index in [0.717, 1.165) is 63.6 Å². The van der Waals surface area contributed by atoms with Gasteiger partial charge in [-0.25, -0.2) is 4.68 Å². The summed E-state index contributed by atoms with van der Waals surface area (Å²) in [5.41, 5.74) is 2.36. The molecule has 0 radical (unpaired) electrons. The van der Waals surface area contributed by atoms with Crippen LogP contribution in [-0.2, 0) is 19.6 Å². The molecule has 0 aliphatic carbocycles. The van der Waals surface area contributed by atoms with Crippen LogP contribution in [0.5, 0.6) is 0 Å². The lowest BCUT2D eigenvalue weighted by Gasteiger charge is -2.32. The molecule has 28 heavy (non-hydrogen) atoms. The highest BCUT2D eigenvalue weighted by molar-refractivity contribution is 5.85. The molecule has 0 bridgehead atoms. The van der Waals surface area contributed by atoms with Gasteiger partial charge in [0.2, 0.25) is 0 Å². The first-order chi connectivity index (χ1) is 13.4. The molecule has 2 aliphatic rings. The second-order valence-electron chi connectivity index (χ2n) is 7.42. The van der Waals surface area contributed by atoms with Gasteiger partial charge in [0, 0.05) is 31.7 Å². The molecule has 1 saturated heterocycles. The minimum absolute atomic E-state index is 0. The van der Waals surface area contributed by atoms with E-state index < -0.39 is 0 Å². The van der Waals surface area contributed by atoms with Gasteiger partial charge in [-0.2, -0.15) is 5.10 Å². The number of fused-ring (bicyclic) bond motifs is 1. The molecule has 8 heteroatoms. The Morgan fingerprint density at radius 3 is 2.64 bits per heavy atom. The van der Waals surface area contributed by atoms with Gasteiger partial charge in [0.1, 0.15) is 11.6 Å². The Hall–Kier alpha value is -2.22. The van der Waals surface area contributed by atoms with Gasteiger partial charge >= 0.3 is 0 Å². The molecule has 0 unspecified atom stereocenters. The van der Waals surface area contributed by atoms with Crippen molar-refractivity contribution in [2.75, 3.05) is 19.6 Å². The van der Waals surface area contributed by atoms with E-state index in [4.69, 9.17) is 0 Å². The first-order valence-electron chi connectivity index (χ1n) is 9.82. The van der Waals surface area contributed by atoms with Crippen molar-refractivity contribution in [2.24, 2.45) is 0 Å². The van der Waals surface area contributed by atoms with Crippen molar-refractivity contribution < 1.29 is 0 Å². The van der Waals surface area contributed by atoms with E-state index >= 15 is 0 Å². The number of para-hydroxylation sites is 1. The highest BCUT2D eigenvalue weighted by Gasteiger charge is 2.27. The van der Waals surface area contributed by atoms with E-state index in [1.807, 2.05) is 16.9 Å². The molecule has 4 heterocycles. The van der Waals surface area contributed by atoms with Crippen LogP contribution in [0.3, 0.4) is 0 Å². The van der Waals surface area contributed by atoms with E-state index in [-0.39, 0.29) is 12.4 Å². The van der Waals surface area contributed by atoms with Crippen LogP contribution < -0.4 is 5.32 Å². The highest BCUT2D eigenvalue weighted by atomic mass is 35.5. The Morgan fingerprint density at radius 1 is 1.00 bits per heavy atom. The Labute approximate surface area is 171 Å². The predicted octanol–water partition coefficient (Wildman–Crippen LogP) is 2.37. The van der Waals surface area contributed by atoms with E-state index in [1.165, 1.54) is 11.5 Å². The summed E-state index contributed by atoms with van der Waals surface area (Å²) < 4.78 is 4.38. The maximum Gasteiger partial charge on any atom is 0.147 e. The van der Waals surface area contributed by atoms with E-state index in [9.17, 15) is 0 Å². The van der Waals surface area contributed by atoms with Crippen molar-refractivity contribution in [1.82, 2.24) is 34.8 Å². The number of nitrogens with zero attached hydrogens (tertiary/aromatic N) is 6. The molecule has 1 N–H and O–H groups in total. The van der Waals surface area contributed by atoms with Crippen LogP contribution in [0, 0.1) is 0 Å². The van der Waals surface area contributed by atoms with Crippen LogP contribution in [0.25, 0.3) is 5.69 Å². The summed E-state index contributed by atoms with van der Waals surface area (Å²) in [7, 11) is 0. The Bertz CT molecular complexity index is 896. The molecule has 0 saturated carbocycles. The van der Waals surface area contributed by atoms with E-state index in [2.05, 4.69) is 60.4 Å². The number of likely N-dealkylation sites (tertiary alicyclic amines) is 1. The molecule has 7 nitrogen and oxygen atoms in total. The minimum atomic E-state index is 0. The molecule has 1 aromatic carbocycles. The number of hydrogen-bond acceptors (Lipinski definition) is 5. The SMILES string of the molecule is Cl.c1ccc(-n2nccc2CN2CCC(c3nnc4n3CCNC4)CC2)cc1. The molecule has 0 amide bonds. The predicted molar refractivity (Wildman–Crippen MR) is 110 cm³/mol. The Morgan fingerprint density at radius 2 is 1.82 bits per heavy atom. The topological polar surface area (TPSA) is 63.8 Å². The van der Waals surface area contributed by atoms with Crippen LogP contribution in [0.1, 0.15) is 36.1 Å². The molecule has 0 atom stereocenters. The summed E-state index contributed by atoms with van der Waals surface area (Å²) in [6.45, 7) is 5.96. The Kier molecular flexibility index (Phi) is 5.75. The molecular formula is C20H26ClN7. The molecular weight excluding hydrogens is 374 g/mol. The van der Waals surface area contributed by atoms with Gasteiger partial charge in [0.25, 0.3) is 0 Å². The maximum absolute atomic E-state index is 4.52. The summed E-state index contributed by atoms with van der Waals surface area (Å²) >= 11 is 0. The number of halogens is 1. The fourth-order valence-electron chi connectivity index (χ4n) is 4.25. The van der Waals surface area contributed by atoms with Gasteiger partial charge in [0.15, 0.2) is 0 Å². The zero-order valence-electron chi connectivity index (χ0n) is 15.9. The smallest absolute Gasteiger partial charge is 0.147 e. The molecule has 0 spiro atoms. The van der Waals surface area contributed by atoms with E-state index in [0.29, 0.717) is 5.92 Å². The standard InChI is InChI=1S/C20H25N7.ClH/c1-2-4-17(5-3-1)27-18(6-9-22-27)15-25-11-7-16(8-12-25)20-24-23-19-14-21-10-13-26(19)20;/h1-6,9,16,21H,7-8,10-15H2;1H. The van der Waals surface area contributed by atoms with Gasteiger partial charge in [0.05, 0.1) is 17.9 Å². The second-order valence-corrected chi connectivity index (χ2v) is 7.42. The largest absolute Gasteiger partial charge is 0.312 e. The third-order valence-electron chi connectivity index (χ3n) is 5.71. The molecule has 2 aliphatic heterocycles. The average Bonchev–Trinajstić information content (AvgIpc) is 3.36. The van der Waals surface area contributed by atoms with Crippen molar-refractivity contribution in [3.63, 3.8) is 0 Å². The summed E-state index contributed by atoms with van der Waals surface area (Å²) in [5, 5.41) is 16.8. The lowest BCUT2D eigenvalue weighted by Crippen LogP contribution is -2.35. The second kappa shape index (κ2) is 8.43. The molecule has 5 rings (SSSR count).